The van der Waals surface area contributed by atoms with E-state index in [0.717, 1.165) is 28.8 Å². The summed E-state index contributed by atoms with van der Waals surface area (Å²) >= 11 is 0. The second-order valence-electron chi connectivity index (χ2n) is 10.3. The van der Waals surface area contributed by atoms with Gasteiger partial charge < -0.3 is 21.1 Å². The number of carbonyl (C=O) groups is 2. The third-order valence-electron chi connectivity index (χ3n) is 6.57. The molecule has 1 aromatic carbocycles. The van der Waals surface area contributed by atoms with Gasteiger partial charge in [0.25, 0.3) is 5.91 Å². The maximum atomic E-state index is 13.0. The Morgan fingerprint density at radius 2 is 1.86 bits per heavy atom. The van der Waals surface area contributed by atoms with Gasteiger partial charge in [0.2, 0.25) is 0 Å². The number of likely N-dealkylation sites (tertiary alicyclic amines) is 1. The summed E-state index contributed by atoms with van der Waals surface area (Å²) in [5, 5.41) is 17.1. The molecule has 1 aliphatic rings. The van der Waals surface area contributed by atoms with Crippen molar-refractivity contribution in [1.82, 2.24) is 25.0 Å². The van der Waals surface area contributed by atoms with Crippen molar-refractivity contribution in [2.45, 2.75) is 51.5 Å². The standard InChI is InChI=1S/C27H34N6O3/c1-27(2,3)23-22(17-33(31-23)20-10-13-32(14-11-20)26(35)36)19-15-21(24(28)30-16-19)25(34)29-12-9-18-7-5-4-6-8-18/h4-8,15-17,20H,9-14H2,1-3H3,(H2,28,30)(H,29,34)(H,35,36). The normalized spacial score (nSPS) is 14.6. The number of pyridine rings is 1. The van der Waals surface area contributed by atoms with Gasteiger partial charge in [-0.2, -0.15) is 5.10 Å². The van der Waals surface area contributed by atoms with Gasteiger partial charge in [-0.05, 0) is 30.9 Å². The number of carbonyl (C=O) groups excluding carboxylic acids is 1. The molecule has 0 bridgehead atoms. The maximum absolute atomic E-state index is 13.0. The van der Waals surface area contributed by atoms with Crippen molar-refractivity contribution in [1.29, 1.82) is 0 Å². The van der Waals surface area contributed by atoms with Crippen LogP contribution in [0.15, 0.2) is 48.8 Å². The predicted octanol–water partition coefficient (Wildman–Crippen LogP) is 4.11. The highest BCUT2D eigenvalue weighted by Gasteiger charge is 2.29. The molecule has 0 atom stereocenters. The van der Waals surface area contributed by atoms with Crippen LogP contribution in [-0.4, -0.2) is 56.4 Å². The average Bonchev–Trinajstić information content (AvgIpc) is 3.31. The minimum atomic E-state index is -0.882. The van der Waals surface area contributed by atoms with E-state index in [1.54, 1.807) is 12.3 Å². The lowest BCUT2D eigenvalue weighted by molar-refractivity contribution is 0.0954. The van der Waals surface area contributed by atoms with Gasteiger partial charge in [0.05, 0.1) is 17.3 Å². The molecule has 9 nitrogen and oxygen atoms in total. The number of aromatic nitrogens is 3. The average molecular weight is 491 g/mol. The Hall–Kier alpha value is -3.88. The van der Waals surface area contributed by atoms with Crippen LogP contribution in [0.3, 0.4) is 0 Å². The van der Waals surface area contributed by atoms with Crippen molar-refractivity contribution in [3.63, 3.8) is 0 Å². The van der Waals surface area contributed by atoms with E-state index in [4.69, 9.17) is 10.8 Å². The van der Waals surface area contributed by atoms with Gasteiger partial charge >= 0.3 is 6.09 Å². The number of anilines is 1. The van der Waals surface area contributed by atoms with Gasteiger partial charge in [-0.25, -0.2) is 9.78 Å². The Bertz CT molecular complexity index is 1220. The van der Waals surface area contributed by atoms with Crippen LogP contribution in [0.2, 0.25) is 0 Å². The topological polar surface area (TPSA) is 126 Å². The van der Waals surface area contributed by atoms with Gasteiger partial charge in [-0.3, -0.25) is 9.48 Å². The summed E-state index contributed by atoms with van der Waals surface area (Å²) < 4.78 is 1.95. The summed E-state index contributed by atoms with van der Waals surface area (Å²) in [5.74, 6) is -0.0785. The van der Waals surface area contributed by atoms with E-state index in [-0.39, 0.29) is 23.2 Å². The number of nitrogens with one attached hydrogen (secondary N) is 1. The zero-order valence-corrected chi connectivity index (χ0v) is 21.1. The lowest BCUT2D eigenvalue weighted by Crippen LogP contribution is -2.38. The molecule has 190 valence electrons. The summed E-state index contributed by atoms with van der Waals surface area (Å²) in [6.45, 7) is 7.74. The molecule has 1 saturated heterocycles. The first-order valence-corrected chi connectivity index (χ1v) is 12.3. The summed E-state index contributed by atoms with van der Waals surface area (Å²) in [7, 11) is 0. The predicted molar refractivity (Wildman–Crippen MR) is 139 cm³/mol. The van der Waals surface area contributed by atoms with Crippen molar-refractivity contribution in [3.05, 3.63) is 65.6 Å². The molecule has 0 spiro atoms. The van der Waals surface area contributed by atoms with Gasteiger partial charge in [0, 0.05) is 48.6 Å². The van der Waals surface area contributed by atoms with Crippen molar-refractivity contribution in [2.24, 2.45) is 0 Å². The molecule has 2 amide bonds. The van der Waals surface area contributed by atoms with Crippen molar-refractivity contribution < 1.29 is 14.7 Å². The highest BCUT2D eigenvalue weighted by Crippen LogP contribution is 2.35. The van der Waals surface area contributed by atoms with E-state index in [0.29, 0.717) is 38.0 Å². The number of nitrogens with zero attached hydrogens (tertiary/aromatic N) is 4. The largest absolute Gasteiger partial charge is 0.465 e. The first-order chi connectivity index (χ1) is 17.1. The van der Waals surface area contributed by atoms with E-state index in [1.807, 2.05) is 41.2 Å². The molecule has 0 aliphatic carbocycles. The first-order valence-electron chi connectivity index (χ1n) is 12.3. The van der Waals surface area contributed by atoms with Crippen molar-refractivity contribution in [2.75, 3.05) is 25.4 Å². The molecule has 4 N–H and O–H groups in total. The quantitative estimate of drug-likeness (QED) is 0.477. The highest BCUT2D eigenvalue weighted by atomic mass is 16.4. The number of carboxylic acid groups (broad SMARTS) is 1. The van der Waals surface area contributed by atoms with Crippen LogP contribution in [0.1, 0.15) is 61.3 Å². The highest BCUT2D eigenvalue weighted by molar-refractivity contribution is 5.99. The maximum Gasteiger partial charge on any atom is 0.407 e. The SMILES string of the molecule is CC(C)(C)c1nn(C2CCN(C(=O)O)CC2)cc1-c1cnc(N)c(C(=O)NCCc2ccccc2)c1. The van der Waals surface area contributed by atoms with Gasteiger partial charge in [-0.15, -0.1) is 0 Å². The van der Waals surface area contributed by atoms with Crippen LogP contribution < -0.4 is 11.1 Å². The number of hydrogen-bond donors (Lipinski definition) is 3. The van der Waals surface area contributed by atoms with E-state index in [1.165, 1.54) is 4.90 Å². The number of hydrogen-bond acceptors (Lipinski definition) is 5. The second-order valence-corrected chi connectivity index (χ2v) is 10.3. The van der Waals surface area contributed by atoms with Crippen LogP contribution in [0.5, 0.6) is 0 Å². The van der Waals surface area contributed by atoms with E-state index < -0.39 is 6.09 Å². The Balaban J connectivity index is 1.56. The molecule has 2 aromatic heterocycles. The Morgan fingerprint density at radius 3 is 2.50 bits per heavy atom. The summed E-state index contributed by atoms with van der Waals surface area (Å²) in [6.07, 6.45) is 4.91. The minimum Gasteiger partial charge on any atom is -0.465 e. The molecule has 0 radical (unpaired) electrons. The second kappa shape index (κ2) is 10.4. The molecule has 1 aliphatic heterocycles. The number of amides is 2. The minimum absolute atomic E-state index is 0.109. The number of rotatable bonds is 6. The number of nitrogens with two attached hydrogens (primary N) is 1. The smallest absolute Gasteiger partial charge is 0.407 e. The van der Waals surface area contributed by atoms with Gasteiger partial charge in [0.15, 0.2) is 0 Å². The lowest BCUT2D eigenvalue weighted by Gasteiger charge is -2.30. The van der Waals surface area contributed by atoms with Crippen LogP contribution in [0.25, 0.3) is 11.1 Å². The fourth-order valence-corrected chi connectivity index (χ4v) is 4.53. The van der Waals surface area contributed by atoms with Crippen molar-refractivity contribution in [3.8, 4) is 11.1 Å². The zero-order chi connectivity index (χ0) is 25.9. The van der Waals surface area contributed by atoms with E-state index >= 15 is 0 Å². The van der Waals surface area contributed by atoms with E-state index in [9.17, 15) is 14.7 Å². The molecule has 3 heterocycles. The molecule has 0 unspecified atom stereocenters. The molecular weight excluding hydrogens is 456 g/mol. The van der Waals surface area contributed by atoms with Crippen molar-refractivity contribution >= 4 is 17.8 Å². The first kappa shape index (κ1) is 25.2. The van der Waals surface area contributed by atoms with Gasteiger partial charge in [0.1, 0.15) is 5.82 Å². The third kappa shape index (κ3) is 5.67. The lowest BCUT2D eigenvalue weighted by atomic mass is 9.87. The molecule has 1 fully saturated rings. The van der Waals surface area contributed by atoms with Crippen LogP contribution >= 0.6 is 0 Å². The van der Waals surface area contributed by atoms with Crippen LogP contribution in [0.4, 0.5) is 10.6 Å². The monoisotopic (exact) mass is 490 g/mol. The number of benzene rings is 1. The molecule has 0 saturated carbocycles. The van der Waals surface area contributed by atoms with Crippen LogP contribution in [0, 0.1) is 0 Å². The fourth-order valence-electron chi connectivity index (χ4n) is 4.53. The van der Waals surface area contributed by atoms with E-state index in [2.05, 4.69) is 31.1 Å². The molecular formula is C27H34N6O3. The fraction of sp³-hybridized carbons (Fsp3) is 0.407. The number of nitrogen functional groups attached to an aromatic ring is 1. The molecule has 9 heteroatoms. The molecule has 3 aromatic rings. The van der Waals surface area contributed by atoms with Gasteiger partial charge in [-0.1, -0.05) is 51.1 Å². The summed E-state index contributed by atoms with van der Waals surface area (Å²) in [6, 6.07) is 11.9. The zero-order valence-electron chi connectivity index (χ0n) is 21.1. The Kier molecular flexibility index (Phi) is 7.28. The Morgan fingerprint density at radius 1 is 1.17 bits per heavy atom. The molecule has 36 heavy (non-hydrogen) atoms. The Labute approximate surface area is 211 Å². The summed E-state index contributed by atoms with van der Waals surface area (Å²) in [4.78, 5) is 30.0. The third-order valence-corrected chi connectivity index (χ3v) is 6.57. The summed E-state index contributed by atoms with van der Waals surface area (Å²) in [5.41, 5.74) is 9.89. The van der Waals surface area contributed by atoms with Crippen LogP contribution in [-0.2, 0) is 11.8 Å². The number of piperidine rings is 1. The molecule has 4 rings (SSSR count).